The zero-order valence-electron chi connectivity index (χ0n) is 14.1. The number of fused-ring (bicyclic) bond motifs is 1. The number of hydrazone groups is 1. The third kappa shape index (κ3) is 2.69. The van der Waals surface area contributed by atoms with Gasteiger partial charge in [0.1, 0.15) is 5.75 Å². The average molecular weight is 342 g/mol. The summed E-state index contributed by atoms with van der Waals surface area (Å²) in [5.74, 6) is 0.441. The van der Waals surface area contributed by atoms with Gasteiger partial charge in [0.05, 0.1) is 6.21 Å². The highest BCUT2D eigenvalue weighted by Crippen LogP contribution is 2.16. The molecule has 0 saturated heterocycles. The summed E-state index contributed by atoms with van der Waals surface area (Å²) >= 11 is 0. The highest BCUT2D eigenvalue weighted by molar-refractivity contribution is 5.83. The molecule has 0 aliphatic rings. The van der Waals surface area contributed by atoms with Crippen LogP contribution in [-0.2, 0) is 20.6 Å². The van der Waals surface area contributed by atoms with Crippen LogP contribution in [0.25, 0.3) is 11.2 Å². The number of para-hydroxylation sites is 1. The fourth-order valence-electron chi connectivity index (χ4n) is 2.60. The van der Waals surface area contributed by atoms with E-state index >= 15 is 0 Å². The zero-order chi connectivity index (χ0) is 18.1. The van der Waals surface area contributed by atoms with Gasteiger partial charge < -0.3 is 9.67 Å². The van der Waals surface area contributed by atoms with Gasteiger partial charge in [-0.1, -0.05) is 12.1 Å². The van der Waals surface area contributed by atoms with Crippen molar-refractivity contribution >= 4 is 23.3 Å². The Hall–Kier alpha value is -3.36. The topological polar surface area (TPSA) is 106 Å². The van der Waals surface area contributed by atoms with Crippen molar-refractivity contribution in [1.29, 1.82) is 0 Å². The van der Waals surface area contributed by atoms with Crippen LogP contribution in [0.1, 0.15) is 12.5 Å². The second kappa shape index (κ2) is 6.27. The first-order valence-corrected chi connectivity index (χ1v) is 7.69. The van der Waals surface area contributed by atoms with Crippen molar-refractivity contribution < 1.29 is 5.11 Å². The molecule has 2 aromatic heterocycles. The number of aromatic hydroxyl groups is 1. The van der Waals surface area contributed by atoms with Gasteiger partial charge in [-0.2, -0.15) is 10.1 Å². The molecule has 0 unspecified atom stereocenters. The molecule has 130 valence electrons. The van der Waals surface area contributed by atoms with E-state index in [1.54, 1.807) is 35.9 Å². The number of aromatic nitrogens is 4. The van der Waals surface area contributed by atoms with E-state index in [2.05, 4.69) is 15.5 Å². The first-order valence-electron chi connectivity index (χ1n) is 7.69. The number of phenolic OH excluding ortho intramolecular Hbond substituents is 1. The Balaban J connectivity index is 2.07. The van der Waals surface area contributed by atoms with Crippen molar-refractivity contribution in [3.05, 3.63) is 50.7 Å². The Morgan fingerprint density at radius 2 is 1.96 bits per heavy atom. The fourth-order valence-corrected chi connectivity index (χ4v) is 2.60. The molecule has 3 rings (SSSR count). The first kappa shape index (κ1) is 16.5. The quantitative estimate of drug-likeness (QED) is 0.533. The molecule has 0 radical (unpaired) electrons. The SMILES string of the molecule is CCn1c(N/N=C/c2ccccc2O)nc2c1c(=O)n(C)c(=O)n2C. The molecule has 0 bridgehead atoms. The van der Waals surface area contributed by atoms with E-state index in [1.807, 2.05) is 6.92 Å². The Labute approximate surface area is 142 Å². The fraction of sp³-hybridized carbons (Fsp3) is 0.250. The molecule has 0 saturated carbocycles. The maximum absolute atomic E-state index is 12.4. The lowest BCUT2D eigenvalue weighted by Gasteiger charge is -2.06. The van der Waals surface area contributed by atoms with Gasteiger partial charge in [0.25, 0.3) is 5.56 Å². The zero-order valence-corrected chi connectivity index (χ0v) is 14.1. The number of anilines is 1. The minimum atomic E-state index is -0.442. The highest BCUT2D eigenvalue weighted by Gasteiger charge is 2.17. The summed E-state index contributed by atoms with van der Waals surface area (Å²) in [5.41, 5.74) is 3.07. The summed E-state index contributed by atoms with van der Waals surface area (Å²) in [6.07, 6.45) is 1.45. The summed E-state index contributed by atoms with van der Waals surface area (Å²) in [6, 6.07) is 6.76. The molecular weight excluding hydrogens is 324 g/mol. The van der Waals surface area contributed by atoms with Gasteiger partial charge >= 0.3 is 5.69 Å². The van der Waals surface area contributed by atoms with Gasteiger partial charge in [-0.25, -0.2) is 10.2 Å². The maximum atomic E-state index is 12.4. The van der Waals surface area contributed by atoms with Crippen molar-refractivity contribution in [2.75, 3.05) is 5.43 Å². The van der Waals surface area contributed by atoms with Crippen molar-refractivity contribution in [3.8, 4) is 5.75 Å². The smallest absolute Gasteiger partial charge is 0.332 e. The Bertz CT molecular complexity index is 1090. The van der Waals surface area contributed by atoms with E-state index in [4.69, 9.17) is 0 Å². The number of rotatable bonds is 4. The third-order valence-electron chi connectivity index (χ3n) is 3.97. The highest BCUT2D eigenvalue weighted by atomic mass is 16.3. The molecule has 0 fully saturated rings. The Morgan fingerprint density at radius 1 is 1.24 bits per heavy atom. The number of aryl methyl sites for hydroxylation is 2. The minimum absolute atomic E-state index is 0.105. The predicted molar refractivity (Wildman–Crippen MR) is 95.2 cm³/mol. The lowest BCUT2D eigenvalue weighted by molar-refractivity contribution is 0.474. The molecule has 9 nitrogen and oxygen atoms in total. The van der Waals surface area contributed by atoms with Crippen molar-refractivity contribution in [2.45, 2.75) is 13.5 Å². The van der Waals surface area contributed by atoms with Crippen LogP contribution >= 0.6 is 0 Å². The summed E-state index contributed by atoms with van der Waals surface area (Å²) in [4.78, 5) is 28.8. The van der Waals surface area contributed by atoms with E-state index in [0.29, 0.717) is 23.6 Å². The van der Waals surface area contributed by atoms with Gasteiger partial charge in [0, 0.05) is 26.2 Å². The number of hydrogen-bond acceptors (Lipinski definition) is 6. The molecule has 2 heterocycles. The second-order valence-electron chi connectivity index (χ2n) is 5.49. The molecule has 0 spiro atoms. The van der Waals surface area contributed by atoms with Crippen molar-refractivity contribution in [2.24, 2.45) is 19.2 Å². The van der Waals surface area contributed by atoms with Crippen LogP contribution in [0.4, 0.5) is 5.95 Å². The van der Waals surface area contributed by atoms with Gasteiger partial charge in [-0.05, 0) is 19.1 Å². The summed E-state index contributed by atoms with van der Waals surface area (Å²) in [5, 5.41) is 13.8. The Morgan fingerprint density at radius 3 is 2.64 bits per heavy atom. The summed E-state index contributed by atoms with van der Waals surface area (Å²) < 4.78 is 4.02. The van der Waals surface area contributed by atoms with Crippen LogP contribution in [0, 0.1) is 0 Å². The normalized spacial score (nSPS) is 11.5. The number of benzene rings is 1. The minimum Gasteiger partial charge on any atom is -0.507 e. The number of phenols is 1. The molecule has 0 aliphatic carbocycles. The monoisotopic (exact) mass is 342 g/mol. The maximum Gasteiger partial charge on any atom is 0.332 e. The number of nitrogens with zero attached hydrogens (tertiary/aromatic N) is 5. The summed E-state index contributed by atoms with van der Waals surface area (Å²) in [6.45, 7) is 2.34. The standard InChI is InChI=1S/C16H18N6O3/c1-4-22-12-13(20(2)16(25)21(3)14(12)24)18-15(22)19-17-9-10-7-5-6-8-11(10)23/h5-9,23H,4H2,1-3H3,(H,18,19)/b17-9+. The number of nitrogens with one attached hydrogen (secondary N) is 1. The van der Waals surface area contributed by atoms with Crippen LogP contribution in [0.3, 0.4) is 0 Å². The van der Waals surface area contributed by atoms with Gasteiger partial charge in [-0.3, -0.25) is 13.9 Å². The number of imidazole rings is 1. The van der Waals surface area contributed by atoms with Crippen molar-refractivity contribution in [1.82, 2.24) is 18.7 Å². The van der Waals surface area contributed by atoms with Crippen LogP contribution in [-0.4, -0.2) is 30.0 Å². The van der Waals surface area contributed by atoms with E-state index in [0.717, 1.165) is 4.57 Å². The van der Waals surface area contributed by atoms with E-state index in [9.17, 15) is 14.7 Å². The predicted octanol–water partition coefficient (Wildman–Crippen LogP) is 0.605. The largest absolute Gasteiger partial charge is 0.507 e. The molecule has 3 aromatic rings. The molecule has 0 amide bonds. The van der Waals surface area contributed by atoms with Crippen LogP contribution in [0.15, 0.2) is 39.0 Å². The third-order valence-corrected chi connectivity index (χ3v) is 3.97. The molecule has 0 aliphatic heterocycles. The summed E-state index contributed by atoms with van der Waals surface area (Å²) in [7, 11) is 2.99. The Kier molecular flexibility index (Phi) is 4.14. The van der Waals surface area contributed by atoms with Crippen LogP contribution < -0.4 is 16.7 Å². The van der Waals surface area contributed by atoms with Gasteiger partial charge in [0.15, 0.2) is 11.2 Å². The van der Waals surface area contributed by atoms with Gasteiger partial charge in [0.2, 0.25) is 5.95 Å². The van der Waals surface area contributed by atoms with Crippen molar-refractivity contribution in [3.63, 3.8) is 0 Å². The molecule has 0 atom stereocenters. The molecule has 9 heteroatoms. The lowest BCUT2D eigenvalue weighted by Crippen LogP contribution is -2.37. The average Bonchev–Trinajstić information content (AvgIpc) is 2.98. The molecule has 1 aromatic carbocycles. The van der Waals surface area contributed by atoms with E-state index < -0.39 is 11.2 Å². The first-order chi connectivity index (χ1) is 12.0. The molecule has 2 N–H and O–H groups in total. The number of hydrogen-bond donors (Lipinski definition) is 2. The van der Waals surface area contributed by atoms with Crippen LogP contribution in [0.5, 0.6) is 5.75 Å². The second-order valence-corrected chi connectivity index (χ2v) is 5.49. The van der Waals surface area contributed by atoms with E-state index in [1.165, 1.54) is 17.8 Å². The lowest BCUT2D eigenvalue weighted by atomic mass is 10.2. The van der Waals surface area contributed by atoms with E-state index in [-0.39, 0.29) is 11.4 Å². The molecular formula is C16H18N6O3. The van der Waals surface area contributed by atoms with Gasteiger partial charge in [-0.15, -0.1) is 0 Å². The van der Waals surface area contributed by atoms with Crippen LogP contribution in [0.2, 0.25) is 0 Å². The molecule has 25 heavy (non-hydrogen) atoms.